The van der Waals surface area contributed by atoms with Crippen LogP contribution in [0.15, 0.2) is 71.3 Å². The highest BCUT2D eigenvalue weighted by molar-refractivity contribution is 6.01. The maximum absolute atomic E-state index is 13.5. The van der Waals surface area contributed by atoms with Crippen molar-refractivity contribution in [1.82, 2.24) is 10.4 Å². The van der Waals surface area contributed by atoms with Gasteiger partial charge in [0.2, 0.25) is 5.90 Å². The van der Waals surface area contributed by atoms with Crippen molar-refractivity contribution in [3.05, 3.63) is 88.3 Å². The summed E-state index contributed by atoms with van der Waals surface area (Å²) in [7, 11) is 3.44. The van der Waals surface area contributed by atoms with E-state index in [1.165, 1.54) is 0 Å². The van der Waals surface area contributed by atoms with Gasteiger partial charge in [-0.2, -0.15) is 0 Å². The van der Waals surface area contributed by atoms with Crippen LogP contribution in [0.2, 0.25) is 0 Å². The Kier molecular flexibility index (Phi) is 8.86. The van der Waals surface area contributed by atoms with Crippen molar-refractivity contribution in [3.8, 4) is 5.75 Å². The van der Waals surface area contributed by atoms with Gasteiger partial charge in [0.1, 0.15) is 5.75 Å². The summed E-state index contributed by atoms with van der Waals surface area (Å²) in [6.45, 7) is 4.44. The summed E-state index contributed by atoms with van der Waals surface area (Å²) in [5.41, 5.74) is 12.5. The molecule has 0 saturated heterocycles. The van der Waals surface area contributed by atoms with E-state index in [4.69, 9.17) is 25.1 Å². The zero-order valence-electron chi connectivity index (χ0n) is 19.9. The highest BCUT2D eigenvalue weighted by Gasteiger charge is 2.53. The molecule has 1 aliphatic rings. The fraction of sp³-hybridized carbons (Fsp3) is 0.360. The van der Waals surface area contributed by atoms with Crippen LogP contribution in [-0.4, -0.2) is 54.8 Å². The Labute approximate surface area is 204 Å². The molecule has 2 N–H and O–H groups in total. The van der Waals surface area contributed by atoms with Gasteiger partial charge in [-0.25, -0.2) is 10.0 Å². The molecule has 184 valence electrons. The Balaban J connectivity index is 2.05. The van der Waals surface area contributed by atoms with E-state index >= 15 is 0 Å². The zero-order chi connectivity index (χ0) is 25.3. The molecular formula is C25H30N6O4. The predicted molar refractivity (Wildman–Crippen MR) is 133 cm³/mol. The SMILES string of the molecule is C=CC[C@]1(C(=O)NN(C)C)N=C(c2ccc(OCCCO)cc2)O[C@H]1c1ccccc1CN=[N+]=[N-]. The van der Waals surface area contributed by atoms with E-state index in [2.05, 4.69) is 22.0 Å². The Morgan fingerprint density at radius 1 is 1.34 bits per heavy atom. The van der Waals surface area contributed by atoms with Crippen LogP contribution in [0, 0.1) is 0 Å². The van der Waals surface area contributed by atoms with E-state index in [0.29, 0.717) is 35.8 Å². The van der Waals surface area contributed by atoms with Gasteiger partial charge in [-0.1, -0.05) is 35.5 Å². The summed E-state index contributed by atoms with van der Waals surface area (Å²) < 4.78 is 12.0. The fourth-order valence-electron chi connectivity index (χ4n) is 3.85. The van der Waals surface area contributed by atoms with Gasteiger partial charge in [-0.05, 0) is 40.9 Å². The number of hydrogen-bond acceptors (Lipinski definition) is 7. The van der Waals surface area contributed by atoms with Gasteiger partial charge in [0.15, 0.2) is 11.6 Å². The normalized spacial score (nSPS) is 18.9. The average molecular weight is 479 g/mol. The third-order valence-electron chi connectivity index (χ3n) is 5.45. The van der Waals surface area contributed by atoms with Crippen molar-refractivity contribution in [2.45, 2.75) is 31.0 Å². The van der Waals surface area contributed by atoms with Gasteiger partial charge in [-0.3, -0.25) is 10.2 Å². The van der Waals surface area contributed by atoms with Crippen molar-refractivity contribution < 1.29 is 19.4 Å². The van der Waals surface area contributed by atoms with Crippen LogP contribution in [0.3, 0.4) is 0 Å². The van der Waals surface area contributed by atoms with Crippen LogP contribution >= 0.6 is 0 Å². The molecule has 0 spiro atoms. The number of rotatable bonds is 12. The van der Waals surface area contributed by atoms with Crippen LogP contribution in [0.4, 0.5) is 0 Å². The number of aliphatic hydroxyl groups excluding tert-OH is 1. The number of ether oxygens (including phenoxy) is 2. The second kappa shape index (κ2) is 12.0. The Bertz CT molecular complexity index is 1110. The Hall–Kier alpha value is -3.85. The molecule has 0 radical (unpaired) electrons. The first-order chi connectivity index (χ1) is 16.9. The Morgan fingerprint density at radius 2 is 2.09 bits per heavy atom. The van der Waals surface area contributed by atoms with Crippen molar-refractivity contribution >= 4 is 11.8 Å². The van der Waals surface area contributed by atoms with E-state index in [1.54, 1.807) is 37.3 Å². The topological polar surface area (TPSA) is 132 Å². The molecular weight excluding hydrogens is 448 g/mol. The van der Waals surface area contributed by atoms with Gasteiger partial charge >= 0.3 is 0 Å². The number of hydrogen-bond donors (Lipinski definition) is 2. The molecule has 1 amide bonds. The van der Waals surface area contributed by atoms with Crippen LogP contribution in [-0.2, 0) is 16.1 Å². The van der Waals surface area contributed by atoms with Crippen LogP contribution in [0.1, 0.15) is 35.6 Å². The van der Waals surface area contributed by atoms with Gasteiger partial charge < -0.3 is 14.6 Å². The molecule has 0 aliphatic carbocycles. The third-order valence-corrected chi connectivity index (χ3v) is 5.45. The lowest BCUT2D eigenvalue weighted by atomic mass is 9.83. The average Bonchev–Trinajstić information content (AvgIpc) is 3.24. The molecule has 0 saturated carbocycles. The second-order valence-corrected chi connectivity index (χ2v) is 8.21. The molecule has 35 heavy (non-hydrogen) atoms. The molecule has 2 atom stereocenters. The van der Waals surface area contributed by atoms with Gasteiger partial charge in [0.25, 0.3) is 5.91 Å². The molecule has 1 aliphatic heterocycles. The molecule has 0 aromatic heterocycles. The lowest BCUT2D eigenvalue weighted by molar-refractivity contribution is -0.132. The van der Waals surface area contributed by atoms with Crippen molar-refractivity contribution in [3.63, 3.8) is 0 Å². The number of hydrazine groups is 1. The minimum Gasteiger partial charge on any atom is -0.494 e. The summed E-state index contributed by atoms with van der Waals surface area (Å²) in [5, 5.41) is 14.2. The first-order valence-electron chi connectivity index (χ1n) is 11.2. The van der Waals surface area contributed by atoms with Crippen molar-refractivity contribution in [2.75, 3.05) is 27.3 Å². The standard InChI is InChI=1S/C25H30N6O4/c1-4-14-25(24(33)29-31(2)3)22(21-9-6-5-8-19(21)17-27-30-26)35-23(28-25)18-10-12-20(13-11-18)34-16-7-15-32/h4-6,8-13,22,32H,1,7,14-17H2,2-3H3,(H,29,33)/t22-,25-/m0/s1. The highest BCUT2D eigenvalue weighted by Crippen LogP contribution is 2.44. The van der Waals surface area contributed by atoms with E-state index in [1.807, 2.05) is 36.4 Å². The zero-order valence-corrected chi connectivity index (χ0v) is 19.9. The number of aliphatic imine (C=N–C) groups is 1. The predicted octanol–water partition coefficient (Wildman–Crippen LogP) is 3.68. The molecule has 0 fully saturated rings. The summed E-state index contributed by atoms with van der Waals surface area (Å²) in [6.07, 6.45) is 1.63. The van der Waals surface area contributed by atoms with Crippen LogP contribution in [0.25, 0.3) is 10.4 Å². The molecule has 3 rings (SSSR count). The molecule has 2 aromatic carbocycles. The monoisotopic (exact) mass is 478 g/mol. The Morgan fingerprint density at radius 3 is 2.74 bits per heavy atom. The number of nitrogens with zero attached hydrogens (tertiary/aromatic N) is 5. The molecule has 0 unspecified atom stereocenters. The second-order valence-electron chi connectivity index (χ2n) is 8.21. The lowest BCUT2D eigenvalue weighted by Gasteiger charge is -2.31. The van der Waals surface area contributed by atoms with Crippen LogP contribution in [0.5, 0.6) is 5.75 Å². The molecule has 10 heteroatoms. The van der Waals surface area contributed by atoms with Gasteiger partial charge in [0, 0.05) is 44.0 Å². The highest BCUT2D eigenvalue weighted by atomic mass is 16.5. The number of carbonyl (C=O) groups is 1. The number of amides is 1. The number of aliphatic hydroxyl groups is 1. The quantitative estimate of drug-likeness (QED) is 0.120. The number of nitrogens with one attached hydrogen (secondary N) is 1. The first kappa shape index (κ1) is 25.8. The summed E-state index contributed by atoms with van der Waals surface area (Å²) in [4.78, 5) is 21.2. The van der Waals surface area contributed by atoms with Crippen LogP contribution < -0.4 is 10.2 Å². The van der Waals surface area contributed by atoms with Gasteiger partial charge in [0.05, 0.1) is 13.2 Å². The first-order valence-corrected chi connectivity index (χ1v) is 11.2. The summed E-state index contributed by atoms with van der Waals surface area (Å²) in [6, 6.07) is 14.6. The third kappa shape index (κ3) is 5.99. The molecule has 2 aromatic rings. The fourth-order valence-corrected chi connectivity index (χ4v) is 3.85. The molecule has 0 bridgehead atoms. The molecule has 10 nitrogen and oxygen atoms in total. The number of azide groups is 1. The minimum atomic E-state index is -1.33. The van der Waals surface area contributed by atoms with E-state index in [-0.39, 0.29) is 25.5 Å². The maximum atomic E-state index is 13.5. The largest absolute Gasteiger partial charge is 0.494 e. The number of benzene rings is 2. The summed E-state index contributed by atoms with van der Waals surface area (Å²) >= 11 is 0. The van der Waals surface area contributed by atoms with E-state index < -0.39 is 11.6 Å². The molecule has 1 heterocycles. The smallest absolute Gasteiger partial charge is 0.266 e. The summed E-state index contributed by atoms with van der Waals surface area (Å²) in [5.74, 6) is 0.621. The maximum Gasteiger partial charge on any atom is 0.266 e. The lowest BCUT2D eigenvalue weighted by Crippen LogP contribution is -2.52. The van der Waals surface area contributed by atoms with Gasteiger partial charge in [-0.15, -0.1) is 6.58 Å². The van der Waals surface area contributed by atoms with Crippen molar-refractivity contribution in [2.24, 2.45) is 10.1 Å². The minimum absolute atomic E-state index is 0.0612. The number of carbonyl (C=O) groups excluding carboxylic acids is 1. The van der Waals surface area contributed by atoms with E-state index in [0.717, 1.165) is 5.56 Å². The van der Waals surface area contributed by atoms with E-state index in [9.17, 15) is 4.79 Å². The van der Waals surface area contributed by atoms with Crippen molar-refractivity contribution in [1.29, 1.82) is 0 Å².